The van der Waals surface area contributed by atoms with Gasteiger partial charge in [-0.1, -0.05) is 12.8 Å². The SMILES string of the molecule is CC1CN(CC2CCCCC2CN)CCO1. The molecule has 0 radical (unpaired) electrons. The number of nitrogens with zero attached hydrogens (tertiary/aromatic N) is 1. The summed E-state index contributed by atoms with van der Waals surface area (Å²) in [5.74, 6) is 1.61. The summed E-state index contributed by atoms with van der Waals surface area (Å²) >= 11 is 0. The Morgan fingerprint density at radius 1 is 1.25 bits per heavy atom. The second-order valence-electron chi connectivity index (χ2n) is 5.48. The molecule has 3 nitrogen and oxygen atoms in total. The lowest BCUT2D eigenvalue weighted by Crippen LogP contribution is -2.45. The molecule has 2 aliphatic rings. The predicted molar refractivity (Wildman–Crippen MR) is 66.4 cm³/mol. The quantitative estimate of drug-likeness (QED) is 0.792. The summed E-state index contributed by atoms with van der Waals surface area (Å²) in [6.07, 6.45) is 5.93. The van der Waals surface area contributed by atoms with E-state index in [-0.39, 0.29) is 0 Å². The first kappa shape index (κ1) is 12.3. The molecule has 0 aromatic rings. The highest BCUT2D eigenvalue weighted by molar-refractivity contribution is 4.80. The van der Waals surface area contributed by atoms with Crippen molar-refractivity contribution >= 4 is 0 Å². The van der Waals surface area contributed by atoms with Gasteiger partial charge in [0.1, 0.15) is 0 Å². The van der Waals surface area contributed by atoms with Crippen molar-refractivity contribution in [1.29, 1.82) is 0 Å². The zero-order valence-corrected chi connectivity index (χ0v) is 10.5. The van der Waals surface area contributed by atoms with E-state index in [0.717, 1.165) is 38.1 Å². The molecule has 3 unspecified atom stereocenters. The summed E-state index contributed by atoms with van der Waals surface area (Å²) in [7, 11) is 0. The Hall–Kier alpha value is -0.120. The van der Waals surface area contributed by atoms with Crippen LogP contribution < -0.4 is 5.73 Å². The Morgan fingerprint density at radius 2 is 2.00 bits per heavy atom. The van der Waals surface area contributed by atoms with Crippen molar-refractivity contribution in [3.63, 3.8) is 0 Å². The first-order valence-corrected chi connectivity index (χ1v) is 6.83. The molecule has 0 aromatic heterocycles. The fourth-order valence-electron chi connectivity index (χ4n) is 3.22. The second-order valence-corrected chi connectivity index (χ2v) is 5.48. The Labute approximate surface area is 99.3 Å². The van der Waals surface area contributed by atoms with Crippen LogP contribution in [-0.2, 0) is 4.74 Å². The summed E-state index contributed by atoms with van der Waals surface area (Å²) in [6.45, 7) is 7.42. The van der Waals surface area contributed by atoms with E-state index in [0.29, 0.717) is 6.10 Å². The molecule has 0 aromatic carbocycles. The summed E-state index contributed by atoms with van der Waals surface area (Å²) in [6, 6.07) is 0. The first-order chi connectivity index (χ1) is 7.79. The van der Waals surface area contributed by atoms with Gasteiger partial charge in [-0.2, -0.15) is 0 Å². The van der Waals surface area contributed by atoms with Gasteiger partial charge < -0.3 is 10.5 Å². The maximum absolute atomic E-state index is 5.88. The molecule has 2 fully saturated rings. The fraction of sp³-hybridized carbons (Fsp3) is 1.00. The highest BCUT2D eigenvalue weighted by Crippen LogP contribution is 2.30. The van der Waals surface area contributed by atoms with Crippen LogP contribution in [0.3, 0.4) is 0 Å². The number of morpholine rings is 1. The summed E-state index contributed by atoms with van der Waals surface area (Å²) in [5, 5.41) is 0. The molecular weight excluding hydrogens is 200 g/mol. The zero-order chi connectivity index (χ0) is 11.4. The smallest absolute Gasteiger partial charge is 0.0674 e. The molecule has 1 saturated carbocycles. The Kier molecular flexibility index (Phi) is 4.62. The predicted octanol–water partition coefficient (Wildman–Crippen LogP) is 1.47. The van der Waals surface area contributed by atoms with E-state index in [1.165, 1.54) is 32.2 Å². The van der Waals surface area contributed by atoms with Crippen LogP contribution in [0.4, 0.5) is 0 Å². The molecule has 1 aliphatic heterocycles. The van der Waals surface area contributed by atoms with Gasteiger partial charge in [-0.3, -0.25) is 4.90 Å². The van der Waals surface area contributed by atoms with Crippen molar-refractivity contribution in [1.82, 2.24) is 4.90 Å². The fourth-order valence-corrected chi connectivity index (χ4v) is 3.22. The molecule has 1 saturated heterocycles. The average Bonchev–Trinajstić information content (AvgIpc) is 2.30. The van der Waals surface area contributed by atoms with Gasteiger partial charge in [-0.15, -0.1) is 0 Å². The van der Waals surface area contributed by atoms with E-state index in [1.54, 1.807) is 0 Å². The lowest BCUT2D eigenvalue weighted by atomic mass is 9.79. The van der Waals surface area contributed by atoms with Crippen LogP contribution in [0, 0.1) is 11.8 Å². The third-order valence-electron chi connectivity index (χ3n) is 4.19. The van der Waals surface area contributed by atoms with Crippen LogP contribution in [-0.4, -0.2) is 43.8 Å². The molecular formula is C13H26N2O. The van der Waals surface area contributed by atoms with Crippen LogP contribution in [0.2, 0.25) is 0 Å². The van der Waals surface area contributed by atoms with Crippen molar-refractivity contribution in [2.24, 2.45) is 17.6 Å². The number of hydrogen-bond donors (Lipinski definition) is 1. The largest absolute Gasteiger partial charge is 0.376 e. The van der Waals surface area contributed by atoms with Gasteiger partial charge in [0.25, 0.3) is 0 Å². The lowest BCUT2D eigenvalue weighted by molar-refractivity contribution is -0.0279. The molecule has 2 N–H and O–H groups in total. The van der Waals surface area contributed by atoms with Gasteiger partial charge in [0.15, 0.2) is 0 Å². The van der Waals surface area contributed by atoms with E-state index in [9.17, 15) is 0 Å². The standard InChI is InChI=1S/C13H26N2O/c1-11-9-15(6-7-16-11)10-13-5-3-2-4-12(13)8-14/h11-13H,2-10,14H2,1H3. The van der Waals surface area contributed by atoms with Gasteiger partial charge in [0.05, 0.1) is 12.7 Å². The normalized spacial score (nSPS) is 37.5. The molecule has 16 heavy (non-hydrogen) atoms. The highest BCUT2D eigenvalue weighted by Gasteiger charge is 2.27. The average molecular weight is 226 g/mol. The minimum Gasteiger partial charge on any atom is -0.376 e. The van der Waals surface area contributed by atoms with Crippen LogP contribution in [0.15, 0.2) is 0 Å². The van der Waals surface area contributed by atoms with E-state index in [1.807, 2.05) is 0 Å². The molecule has 0 spiro atoms. The number of hydrogen-bond acceptors (Lipinski definition) is 3. The maximum Gasteiger partial charge on any atom is 0.0674 e. The van der Waals surface area contributed by atoms with Crippen molar-refractivity contribution in [2.45, 2.75) is 38.7 Å². The summed E-state index contributed by atoms with van der Waals surface area (Å²) in [4.78, 5) is 2.58. The van der Waals surface area contributed by atoms with E-state index in [2.05, 4.69) is 11.8 Å². The molecule has 1 heterocycles. The number of ether oxygens (including phenoxy) is 1. The van der Waals surface area contributed by atoms with Crippen LogP contribution in [0.5, 0.6) is 0 Å². The van der Waals surface area contributed by atoms with Crippen LogP contribution in [0.25, 0.3) is 0 Å². The Morgan fingerprint density at radius 3 is 2.69 bits per heavy atom. The van der Waals surface area contributed by atoms with E-state index >= 15 is 0 Å². The second kappa shape index (κ2) is 5.99. The van der Waals surface area contributed by atoms with Crippen molar-refractivity contribution in [3.05, 3.63) is 0 Å². The molecule has 1 aliphatic carbocycles. The number of nitrogens with two attached hydrogens (primary N) is 1. The van der Waals surface area contributed by atoms with Crippen LogP contribution in [0.1, 0.15) is 32.6 Å². The van der Waals surface area contributed by atoms with E-state index in [4.69, 9.17) is 10.5 Å². The Balaban J connectivity index is 1.82. The minimum atomic E-state index is 0.411. The topological polar surface area (TPSA) is 38.5 Å². The van der Waals surface area contributed by atoms with Crippen molar-refractivity contribution in [2.75, 3.05) is 32.8 Å². The minimum absolute atomic E-state index is 0.411. The zero-order valence-electron chi connectivity index (χ0n) is 10.5. The molecule has 0 amide bonds. The first-order valence-electron chi connectivity index (χ1n) is 6.83. The molecule has 94 valence electrons. The summed E-state index contributed by atoms with van der Waals surface area (Å²) in [5.41, 5.74) is 5.88. The van der Waals surface area contributed by atoms with Gasteiger partial charge in [-0.05, 0) is 38.1 Å². The number of rotatable bonds is 3. The van der Waals surface area contributed by atoms with E-state index < -0.39 is 0 Å². The summed E-state index contributed by atoms with van der Waals surface area (Å²) < 4.78 is 5.58. The van der Waals surface area contributed by atoms with Crippen LogP contribution >= 0.6 is 0 Å². The van der Waals surface area contributed by atoms with Gasteiger partial charge in [0.2, 0.25) is 0 Å². The third-order valence-corrected chi connectivity index (χ3v) is 4.19. The van der Waals surface area contributed by atoms with Gasteiger partial charge >= 0.3 is 0 Å². The Bertz CT molecular complexity index is 210. The van der Waals surface area contributed by atoms with Crippen molar-refractivity contribution in [3.8, 4) is 0 Å². The maximum atomic E-state index is 5.88. The van der Waals surface area contributed by atoms with Gasteiger partial charge in [-0.25, -0.2) is 0 Å². The highest BCUT2D eigenvalue weighted by atomic mass is 16.5. The third kappa shape index (κ3) is 3.19. The molecule has 3 atom stereocenters. The molecule has 3 heteroatoms. The monoisotopic (exact) mass is 226 g/mol. The van der Waals surface area contributed by atoms with Crippen molar-refractivity contribution < 1.29 is 4.74 Å². The molecule has 2 rings (SSSR count). The lowest BCUT2D eigenvalue weighted by Gasteiger charge is -2.38. The molecule has 0 bridgehead atoms. The van der Waals surface area contributed by atoms with Gasteiger partial charge in [0, 0.05) is 19.6 Å².